The number of rotatable bonds is 5. The fourth-order valence-electron chi connectivity index (χ4n) is 2.14. The van der Waals surface area contributed by atoms with Gasteiger partial charge in [0.25, 0.3) is 5.91 Å². The van der Waals surface area contributed by atoms with Crippen molar-refractivity contribution in [3.63, 3.8) is 0 Å². The first-order valence-electron chi connectivity index (χ1n) is 6.52. The molecule has 0 saturated carbocycles. The molecule has 0 aliphatic carbocycles. The summed E-state index contributed by atoms with van der Waals surface area (Å²) >= 11 is 18.0. The van der Waals surface area contributed by atoms with E-state index in [1.54, 1.807) is 0 Å². The minimum atomic E-state index is -0.650. The number of β-amino-alcohol motifs (C(OH)–C–C–N with tert-alkyl or cyclic N) is 1. The van der Waals surface area contributed by atoms with Crippen LogP contribution in [0.1, 0.15) is 0 Å². The lowest BCUT2D eigenvalue weighted by molar-refractivity contribution is -0.136. The maximum atomic E-state index is 12.4. The fraction of sp³-hybridized carbons (Fsp3) is 0.286. The van der Waals surface area contributed by atoms with Gasteiger partial charge in [0, 0.05) is 11.6 Å². The Morgan fingerprint density at radius 1 is 1.35 bits per heavy atom. The molecule has 0 atom stereocenters. The third kappa shape index (κ3) is 3.72. The number of esters is 1. The number of halogens is 3. The maximum absolute atomic E-state index is 12.4. The van der Waals surface area contributed by atoms with Crippen LogP contribution < -0.4 is 5.32 Å². The minimum Gasteiger partial charge on any atom is -0.466 e. The number of anilines is 1. The molecule has 1 amide bonds. The van der Waals surface area contributed by atoms with E-state index in [4.69, 9.17) is 44.6 Å². The van der Waals surface area contributed by atoms with Crippen LogP contribution in [0, 0.1) is 0 Å². The quantitative estimate of drug-likeness (QED) is 0.768. The van der Waals surface area contributed by atoms with Crippen molar-refractivity contribution in [2.45, 2.75) is 0 Å². The van der Waals surface area contributed by atoms with E-state index in [0.29, 0.717) is 5.02 Å². The average molecular weight is 380 g/mol. The number of hydrogen-bond donors (Lipinski definition) is 2. The van der Waals surface area contributed by atoms with Crippen molar-refractivity contribution in [3.8, 4) is 0 Å². The lowest BCUT2D eigenvalue weighted by atomic mass is 10.2. The molecule has 0 spiro atoms. The molecule has 2 rings (SSSR count). The van der Waals surface area contributed by atoms with Gasteiger partial charge in [-0.3, -0.25) is 4.79 Å². The Morgan fingerprint density at radius 2 is 1.96 bits per heavy atom. The Bertz CT molecular complexity index is 668. The third-order valence-electron chi connectivity index (χ3n) is 3.21. The summed E-state index contributed by atoms with van der Waals surface area (Å²) in [6, 6.07) is 2.92. The van der Waals surface area contributed by atoms with E-state index in [1.807, 2.05) is 0 Å². The predicted octanol–water partition coefficient (Wildman–Crippen LogP) is 2.32. The highest BCUT2D eigenvalue weighted by atomic mass is 35.5. The van der Waals surface area contributed by atoms with Crippen molar-refractivity contribution < 1.29 is 19.4 Å². The van der Waals surface area contributed by atoms with Crippen molar-refractivity contribution in [1.82, 2.24) is 4.90 Å². The molecule has 1 aliphatic heterocycles. The molecule has 1 heterocycles. The summed E-state index contributed by atoms with van der Waals surface area (Å²) < 4.78 is 4.69. The lowest BCUT2D eigenvalue weighted by Gasteiger charge is -2.15. The highest BCUT2D eigenvalue weighted by molar-refractivity contribution is 6.42. The summed E-state index contributed by atoms with van der Waals surface area (Å²) in [4.78, 5) is 25.6. The third-order valence-corrected chi connectivity index (χ3v) is 4.02. The van der Waals surface area contributed by atoms with E-state index in [-0.39, 0.29) is 46.7 Å². The minimum absolute atomic E-state index is 0.0106. The highest BCUT2D eigenvalue weighted by Gasteiger charge is 2.35. The molecule has 0 fully saturated rings. The number of nitrogens with zero attached hydrogens (tertiary/aromatic N) is 1. The largest absolute Gasteiger partial charge is 0.466 e. The van der Waals surface area contributed by atoms with Crippen LogP contribution in [-0.2, 0) is 14.3 Å². The Hall–Kier alpha value is -1.47. The van der Waals surface area contributed by atoms with E-state index < -0.39 is 11.9 Å². The molecule has 9 heteroatoms. The van der Waals surface area contributed by atoms with Crippen LogP contribution in [0.5, 0.6) is 0 Å². The van der Waals surface area contributed by atoms with Crippen molar-refractivity contribution in [2.24, 2.45) is 0 Å². The number of aliphatic hydroxyl groups is 1. The highest BCUT2D eigenvalue weighted by Crippen LogP contribution is 2.36. The number of hydrogen-bond acceptors (Lipinski definition) is 5. The summed E-state index contributed by atoms with van der Waals surface area (Å²) in [5.74, 6) is -1.11. The van der Waals surface area contributed by atoms with Gasteiger partial charge in [-0.15, -0.1) is 0 Å². The maximum Gasteiger partial charge on any atom is 0.337 e. The lowest BCUT2D eigenvalue weighted by Crippen LogP contribution is -2.31. The van der Waals surface area contributed by atoms with Crippen LogP contribution in [0.4, 0.5) is 5.69 Å². The summed E-state index contributed by atoms with van der Waals surface area (Å²) in [5, 5.41) is 12.6. The van der Waals surface area contributed by atoms with Gasteiger partial charge >= 0.3 is 5.97 Å². The van der Waals surface area contributed by atoms with Crippen molar-refractivity contribution in [1.29, 1.82) is 0 Å². The number of aliphatic hydroxyl groups excluding tert-OH is 1. The van der Waals surface area contributed by atoms with Crippen LogP contribution in [0.3, 0.4) is 0 Å². The van der Waals surface area contributed by atoms with Crippen molar-refractivity contribution >= 4 is 52.4 Å². The monoisotopic (exact) mass is 378 g/mol. The predicted molar refractivity (Wildman–Crippen MR) is 87.8 cm³/mol. The van der Waals surface area contributed by atoms with Crippen molar-refractivity contribution in [2.75, 3.05) is 32.1 Å². The first kappa shape index (κ1) is 17.9. The Morgan fingerprint density at radius 3 is 2.48 bits per heavy atom. The van der Waals surface area contributed by atoms with Gasteiger partial charge in [0.1, 0.15) is 5.70 Å². The summed E-state index contributed by atoms with van der Waals surface area (Å²) in [5.41, 5.74) is 0.401. The average Bonchev–Trinajstić information content (AvgIpc) is 2.79. The van der Waals surface area contributed by atoms with E-state index in [9.17, 15) is 9.59 Å². The zero-order chi connectivity index (χ0) is 17.1. The Balaban J connectivity index is 2.41. The molecule has 6 nitrogen and oxygen atoms in total. The second-order valence-corrected chi connectivity index (χ2v) is 5.92. The standard InChI is InChI=1S/C14H13Cl3N2O4/c1-23-14(22)8-6-19(2-3-20)13(21)11(8)18-12-9(16)4-7(15)5-10(12)17/h4-5,18,20H,2-3,6H2,1H3. The number of nitrogens with one attached hydrogen (secondary N) is 1. The molecule has 0 aromatic heterocycles. The topological polar surface area (TPSA) is 78.9 Å². The first-order valence-corrected chi connectivity index (χ1v) is 7.65. The van der Waals surface area contributed by atoms with Crippen molar-refractivity contribution in [3.05, 3.63) is 38.5 Å². The van der Waals surface area contributed by atoms with E-state index in [0.717, 1.165) is 0 Å². The van der Waals surface area contributed by atoms with E-state index in [2.05, 4.69) is 5.32 Å². The molecule has 23 heavy (non-hydrogen) atoms. The molecular formula is C14H13Cl3N2O4. The SMILES string of the molecule is COC(=O)C1=C(Nc2c(Cl)cc(Cl)cc2Cl)C(=O)N(CCO)C1. The van der Waals surface area contributed by atoms with Crippen LogP contribution >= 0.6 is 34.8 Å². The molecular weight excluding hydrogens is 367 g/mol. The van der Waals surface area contributed by atoms with Crippen LogP contribution in [-0.4, -0.2) is 48.7 Å². The van der Waals surface area contributed by atoms with Gasteiger partial charge < -0.3 is 20.1 Å². The molecule has 124 valence electrons. The van der Waals surface area contributed by atoms with Gasteiger partial charge in [0.2, 0.25) is 0 Å². The second kappa shape index (κ2) is 7.40. The normalized spacial score (nSPS) is 14.5. The number of ether oxygens (including phenoxy) is 1. The molecule has 0 saturated heterocycles. The van der Waals surface area contributed by atoms with Gasteiger partial charge in [-0.05, 0) is 12.1 Å². The molecule has 0 bridgehead atoms. The summed E-state index contributed by atoms with van der Waals surface area (Å²) in [7, 11) is 1.22. The van der Waals surface area contributed by atoms with Gasteiger partial charge in [-0.25, -0.2) is 4.79 Å². The number of carbonyl (C=O) groups is 2. The van der Waals surface area contributed by atoms with Gasteiger partial charge in [0.05, 0.1) is 41.6 Å². The number of amides is 1. The van der Waals surface area contributed by atoms with Gasteiger partial charge in [-0.1, -0.05) is 34.8 Å². The molecule has 0 unspecified atom stereocenters. The van der Waals surface area contributed by atoms with Crippen LogP contribution in [0.2, 0.25) is 15.1 Å². The number of methoxy groups -OCH3 is 1. The molecule has 1 aliphatic rings. The zero-order valence-corrected chi connectivity index (χ0v) is 14.3. The molecule has 0 radical (unpaired) electrons. The van der Waals surface area contributed by atoms with Gasteiger partial charge in [0.15, 0.2) is 0 Å². The number of benzene rings is 1. The second-order valence-electron chi connectivity index (χ2n) is 4.66. The summed E-state index contributed by atoms with van der Waals surface area (Å²) in [6.45, 7) is -0.111. The smallest absolute Gasteiger partial charge is 0.337 e. The Kier molecular flexibility index (Phi) is 5.75. The number of carbonyl (C=O) groups excluding carboxylic acids is 2. The fourth-order valence-corrected chi connectivity index (χ4v) is 3.05. The zero-order valence-electron chi connectivity index (χ0n) is 12.0. The Labute approximate surface area is 147 Å². The van der Waals surface area contributed by atoms with Crippen LogP contribution in [0.15, 0.2) is 23.4 Å². The van der Waals surface area contributed by atoms with E-state index in [1.165, 1.54) is 24.1 Å². The molecule has 1 aromatic carbocycles. The van der Waals surface area contributed by atoms with E-state index >= 15 is 0 Å². The van der Waals surface area contributed by atoms with Gasteiger partial charge in [-0.2, -0.15) is 0 Å². The molecule has 2 N–H and O–H groups in total. The van der Waals surface area contributed by atoms with Crippen LogP contribution in [0.25, 0.3) is 0 Å². The summed E-state index contributed by atoms with van der Waals surface area (Å²) in [6.07, 6.45) is 0. The molecule has 1 aromatic rings. The first-order chi connectivity index (χ1) is 10.9.